The molecule has 3 aromatic carbocycles. The lowest BCUT2D eigenvalue weighted by Crippen LogP contribution is -2.13. The summed E-state index contributed by atoms with van der Waals surface area (Å²) in [6.45, 7) is 2.33. The van der Waals surface area contributed by atoms with Crippen LogP contribution >= 0.6 is 38.5 Å². The maximum atomic E-state index is 12.6. The second kappa shape index (κ2) is 10.4. The lowest BCUT2D eigenvalue weighted by atomic mass is 10.1. The fourth-order valence-corrected chi connectivity index (χ4v) is 3.47. The molecule has 3 aromatic rings. The predicted octanol–water partition coefficient (Wildman–Crippen LogP) is 6.49. The van der Waals surface area contributed by atoms with Gasteiger partial charge in [-0.15, -0.1) is 0 Å². The summed E-state index contributed by atoms with van der Waals surface area (Å²) in [5.74, 6) is 0.125. The first-order chi connectivity index (χ1) is 14.4. The van der Waals surface area contributed by atoms with Gasteiger partial charge in [0, 0.05) is 19.3 Å². The Labute approximate surface area is 197 Å². The van der Waals surface area contributed by atoms with Crippen molar-refractivity contribution in [2.24, 2.45) is 0 Å². The SMILES string of the molecule is Cc1cccc(NC(=O)/C(C#N)=C/c2cc(Br)ccc2OCc2ccc(I)cc2)c1. The van der Waals surface area contributed by atoms with Gasteiger partial charge in [-0.2, -0.15) is 5.26 Å². The minimum absolute atomic E-state index is 0.00581. The third-order valence-electron chi connectivity index (χ3n) is 4.22. The fourth-order valence-electron chi connectivity index (χ4n) is 2.73. The molecule has 3 rings (SSSR count). The van der Waals surface area contributed by atoms with E-state index in [4.69, 9.17) is 4.74 Å². The standard InChI is InChI=1S/C24H18BrIN2O2/c1-16-3-2-4-22(11-16)28-24(29)19(14-27)12-18-13-20(25)7-10-23(18)30-15-17-5-8-21(26)9-6-17/h2-13H,15H2,1H3,(H,28,29)/b19-12+. The molecular weight excluding hydrogens is 555 g/mol. The van der Waals surface area contributed by atoms with Crippen LogP contribution in [0.1, 0.15) is 16.7 Å². The molecule has 0 bridgehead atoms. The van der Waals surface area contributed by atoms with Gasteiger partial charge in [-0.25, -0.2) is 0 Å². The summed E-state index contributed by atoms with van der Waals surface area (Å²) in [4.78, 5) is 12.6. The second-order valence-electron chi connectivity index (χ2n) is 6.59. The molecule has 1 amide bonds. The first kappa shape index (κ1) is 22.1. The van der Waals surface area contributed by atoms with Crippen molar-refractivity contribution in [1.82, 2.24) is 0 Å². The first-order valence-electron chi connectivity index (χ1n) is 9.11. The van der Waals surface area contributed by atoms with Crippen LogP contribution in [0.4, 0.5) is 5.69 Å². The first-order valence-corrected chi connectivity index (χ1v) is 11.0. The number of anilines is 1. The second-order valence-corrected chi connectivity index (χ2v) is 8.75. The van der Waals surface area contributed by atoms with Gasteiger partial charge in [-0.1, -0.05) is 40.2 Å². The molecule has 0 atom stereocenters. The zero-order valence-electron chi connectivity index (χ0n) is 16.2. The van der Waals surface area contributed by atoms with Crippen molar-refractivity contribution in [2.45, 2.75) is 13.5 Å². The van der Waals surface area contributed by atoms with Crippen molar-refractivity contribution in [1.29, 1.82) is 5.26 Å². The number of carbonyl (C=O) groups excluding carboxylic acids is 1. The number of ether oxygens (including phenoxy) is 1. The maximum absolute atomic E-state index is 12.6. The van der Waals surface area contributed by atoms with E-state index >= 15 is 0 Å². The van der Waals surface area contributed by atoms with Crippen LogP contribution in [0.15, 0.2) is 76.8 Å². The number of nitrogens with zero attached hydrogens (tertiary/aromatic N) is 1. The van der Waals surface area contributed by atoms with Gasteiger partial charge in [0.15, 0.2) is 0 Å². The number of amides is 1. The molecule has 0 radical (unpaired) electrons. The number of benzene rings is 3. The van der Waals surface area contributed by atoms with Gasteiger partial charge in [0.05, 0.1) is 0 Å². The number of hydrogen-bond donors (Lipinski definition) is 1. The normalized spacial score (nSPS) is 10.9. The molecule has 150 valence electrons. The minimum Gasteiger partial charge on any atom is -0.488 e. The molecule has 1 N–H and O–H groups in total. The Morgan fingerprint density at radius 3 is 2.63 bits per heavy atom. The molecule has 0 aliphatic carbocycles. The number of carbonyl (C=O) groups is 1. The molecule has 0 saturated heterocycles. The molecule has 30 heavy (non-hydrogen) atoms. The zero-order chi connectivity index (χ0) is 21.5. The van der Waals surface area contributed by atoms with Crippen LogP contribution in [0.5, 0.6) is 5.75 Å². The number of nitrogens with one attached hydrogen (secondary N) is 1. The minimum atomic E-state index is -0.466. The van der Waals surface area contributed by atoms with Crippen LogP contribution in [0.25, 0.3) is 6.08 Å². The summed E-state index contributed by atoms with van der Waals surface area (Å²) in [5, 5.41) is 12.3. The third-order valence-corrected chi connectivity index (χ3v) is 5.43. The largest absolute Gasteiger partial charge is 0.488 e. The van der Waals surface area contributed by atoms with Gasteiger partial charge in [-0.05, 0) is 89.2 Å². The molecule has 0 aromatic heterocycles. The summed E-state index contributed by atoms with van der Waals surface area (Å²) >= 11 is 5.70. The van der Waals surface area contributed by atoms with Crippen LogP contribution in [0.3, 0.4) is 0 Å². The van der Waals surface area contributed by atoms with Crippen molar-refractivity contribution in [3.63, 3.8) is 0 Å². The molecule has 0 unspecified atom stereocenters. The van der Waals surface area contributed by atoms with Gasteiger partial charge in [0.1, 0.15) is 24.0 Å². The highest BCUT2D eigenvalue weighted by molar-refractivity contribution is 14.1. The summed E-state index contributed by atoms with van der Waals surface area (Å²) < 4.78 is 7.95. The average Bonchev–Trinajstić information content (AvgIpc) is 2.72. The zero-order valence-corrected chi connectivity index (χ0v) is 19.9. The van der Waals surface area contributed by atoms with E-state index in [1.54, 1.807) is 12.1 Å². The number of nitriles is 1. The van der Waals surface area contributed by atoms with Crippen molar-refractivity contribution < 1.29 is 9.53 Å². The van der Waals surface area contributed by atoms with Gasteiger partial charge >= 0.3 is 0 Å². The van der Waals surface area contributed by atoms with E-state index in [1.807, 2.05) is 73.7 Å². The van der Waals surface area contributed by atoms with Crippen LogP contribution in [-0.2, 0) is 11.4 Å². The molecule has 0 aliphatic heterocycles. The van der Waals surface area contributed by atoms with Gasteiger partial charge in [0.25, 0.3) is 5.91 Å². The Morgan fingerprint density at radius 1 is 1.17 bits per heavy atom. The average molecular weight is 573 g/mol. The lowest BCUT2D eigenvalue weighted by Gasteiger charge is -2.11. The van der Waals surface area contributed by atoms with E-state index in [-0.39, 0.29) is 5.57 Å². The van der Waals surface area contributed by atoms with E-state index in [1.165, 1.54) is 0 Å². The number of hydrogen-bond acceptors (Lipinski definition) is 3. The number of aryl methyl sites for hydroxylation is 1. The molecule has 0 aliphatic rings. The highest BCUT2D eigenvalue weighted by atomic mass is 127. The van der Waals surface area contributed by atoms with Crippen molar-refractivity contribution in [3.05, 3.63) is 97.0 Å². The molecule has 0 spiro atoms. The van der Waals surface area contributed by atoms with E-state index in [0.29, 0.717) is 23.6 Å². The number of halogens is 2. The highest BCUT2D eigenvalue weighted by Crippen LogP contribution is 2.27. The lowest BCUT2D eigenvalue weighted by molar-refractivity contribution is -0.112. The highest BCUT2D eigenvalue weighted by Gasteiger charge is 2.12. The summed E-state index contributed by atoms with van der Waals surface area (Å²) in [6, 6.07) is 23.0. The molecule has 0 heterocycles. The van der Waals surface area contributed by atoms with E-state index < -0.39 is 5.91 Å². The molecular formula is C24H18BrIN2O2. The fraction of sp³-hybridized carbons (Fsp3) is 0.0833. The molecule has 0 saturated carbocycles. The van der Waals surface area contributed by atoms with Crippen molar-refractivity contribution >= 4 is 56.2 Å². The Kier molecular flexibility index (Phi) is 7.66. The Hall–Kier alpha value is -2.63. The Morgan fingerprint density at radius 2 is 1.93 bits per heavy atom. The van der Waals surface area contributed by atoms with Crippen molar-refractivity contribution in [3.8, 4) is 11.8 Å². The summed E-state index contributed by atoms with van der Waals surface area (Å²) in [7, 11) is 0. The number of rotatable bonds is 6. The topological polar surface area (TPSA) is 62.1 Å². The third kappa shape index (κ3) is 6.18. The molecule has 4 nitrogen and oxygen atoms in total. The van der Waals surface area contributed by atoms with Crippen molar-refractivity contribution in [2.75, 3.05) is 5.32 Å². The van der Waals surface area contributed by atoms with E-state index in [0.717, 1.165) is 19.2 Å². The van der Waals surface area contributed by atoms with Gasteiger partial charge < -0.3 is 10.1 Å². The van der Waals surface area contributed by atoms with Crippen LogP contribution in [0, 0.1) is 21.8 Å². The summed E-state index contributed by atoms with van der Waals surface area (Å²) in [5.41, 5.74) is 3.34. The van der Waals surface area contributed by atoms with E-state index in [2.05, 4.69) is 43.8 Å². The Balaban J connectivity index is 1.82. The quantitative estimate of drug-likeness (QED) is 0.209. The van der Waals surface area contributed by atoms with E-state index in [9.17, 15) is 10.1 Å². The molecule has 6 heteroatoms. The maximum Gasteiger partial charge on any atom is 0.266 e. The van der Waals surface area contributed by atoms with Crippen LogP contribution < -0.4 is 10.1 Å². The monoisotopic (exact) mass is 572 g/mol. The van der Waals surface area contributed by atoms with Crippen LogP contribution in [0.2, 0.25) is 0 Å². The Bertz CT molecular complexity index is 1130. The summed E-state index contributed by atoms with van der Waals surface area (Å²) in [6.07, 6.45) is 1.54. The molecule has 0 fully saturated rings. The predicted molar refractivity (Wildman–Crippen MR) is 131 cm³/mol. The smallest absolute Gasteiger partial charge is 0.266 e. The van der Waals surface area contributed by atoms with Gasteiger partial charge in [0.2, 0.25) is 0 Å². The van der Waals surface area contributed by atoms with Gasteiger partial charge in [-0.3, -0.25) is 4.79 Å². The van der Waals surface area contributed by atoms with Crippen LogP contribution in [-0.4, -0.2) is 5.91 Å².